The van der Waals surface area contributed by atoms with E-state index >= 15 is 0 Å². The summed E-state index contributed by atoms with van der Waals surface area (Å²) in [6, 6.07) is 10.2. The zero-order valence-electron chi connectivity index (χ0n) is 18.7. The van der Waals surface area contributed by atoms with Crippen molar-refractivity contribution in [2.24, 2.45) is 11.8 Å². The van der Waals surface area contributed by atoms with Crippen LogP contribution in [0.2, 0.25) is 0 Å². The van der Waals surface area contributed by atoms with Crippen LogP contribution in [-0.4, -0.2) is 45.7 Å². The molecule has 4 aromatic rings. The zero-order valence-corrected chi connectivity index (χ0v) is 18.7. The third-order valence-corrected chi connectivity index (χ3v) is 7.10. The van der Waals surface area contributed by atoms with Crippen LogP contribution in [0.25, 0.3) is 16.7 Å². The van der Waals surface area contributed by atoms with E-state index in [1.165, 1.54) is 0 Å². The van der Waals surface area contributed by atoms with Gasteiger partial charge in [0.25, 0.3) is 0 Å². The third kappa shape index (κ3) is 3.28. The fourth-order valence-electron chi connectivity index (χ4n) is 5.23. The van der Waals surface area contributed by atoms with Gasteiger partial charge in [-0.3, -0.25) is 4.40 Å². The second kappa shape index (κ2) is 7.71. The second-order valence-corrected chi connectivity index (χ2v) is 9.08. The molecule has 2 saturated heterocycles. The van der Waals surface area contributed by atoms with Crippen LogP contribution < -0.4 is 10.2 Å². The number of nitriles is 1. The molecule has 3 aromatic heterocycles. The number of ether oxygens (including phenoxy) is 1. The summed E-state index contributed by atoms with van der Waals surface area (Å²) in [6.45, 7) is 7.73. The lowest BCUT2D eigenvalue weighted by Gasteiger charge is -2.21. The van der Waals surface area contributed by atoms with E-state index in [1.807, 2.05) is 35.9 Å². The minimum atomic E-state index is -0.0358. The Morgan fingerprint density at radius 3 is 2.82 bits per heavy atom. The first kappa shape index (κ1) is 19.9. The van der Waals surface area contributed by atoms with E-state index in [1.54, 1.807) is 6.20 Å². The van der Waals surface area contributed by atoms with Crippen LogP contribution in [0.3, 0.4) is 0 Å². The summed E-state index contributed by atoms with van der Waals surface area (Å²) in [5.74, 6) is 3.54. The Morgan fingerprint density at radius 2 is 2.03 bits per heavy atom. The van der Waals surface area contributed by atoms with Crippen molar-refractivity contribution >= 4 is 28.3 Å². The molecule has 3 unspecified atom stereocenters. The van der Waals surface area contributed by atoms with Crippen molar-refractivity contribution in [2.45, 2.75) is 19.9 Å². The highest BCUT2D eigenvalue weighted by molar-refractivity contribution is 5.92. The topological polar surface area (TPSA) is 91.4 Å². The number of hydrogen-bond acceptors (Lipinski definition) is 7. The minimum Gasteiger partial charge on any atom is -0.381 e. The van der Waals surface area contributed by atoms with Crippen molar-refractivity contribution in [1.29, 1.82) is 5.26 Å². The van der Waals surface area contributed by atoms with E-state index in [0.29, 0.717) is 23.2 Å². The van der Waals surface area contributed by atoms with Gasteiger partial charge >= 0.3 is 0 Å². The van der Waals surface area contributed by atoms with Gasteiger partial charge in [-0.1, -0.05) is 12.1 Å². The molecule has 8 heteroatoms. The van der Waals surface area contributed by atoms with Crippen molar-refractivity contribution in [1.82, 2.24) is 19.4 Å². The Balaban J connectivity index is 1.41. The molecular weight excluding hydrogens is 414 g/mol. The number of imidazole rings is 1. The number of rotatable bonds is 4. The van der Waals surface area contributed by atoms with E-state index in [-0.39, 0.29) is 6.04 Å². The molecule has 2 fully saturated rings. The molecule has 8 nitrogen and oxygen atoms in total. The van der Waals surface area contributed by atoms with Gasteiger partial charge in [0.2, 0.25) is 5.78 Å². The van der Waals surface area contributed by atoms with Gasteiger partial charge in [-0.2, -0.15) is 10.2 Å². The predicted octanol–water partition coefficient (Wildman–Crippen LogP) is 3.71. The molecule has 1 N–H and O–H groups in total. The maximum absolute atomic E-state index is 9.43. The van der Waals surface area contributed by atoms with Crippen LogP contribution in [-0.2, 0) is 4.74 Å². The number of aromatic nitrogens is 4. The Hall–Kier alpha value is -3.70. The lowest BCUT2D eigenvalue weighted by Crippen LogP contribution is -2.23. The molecule has 0 spiro atoms. The summed E-state index contributed by atoms with van der Waals surface area (Å²) in [6.07, 6.45) is 5.59. The van der Waals surface area contributed by atoms with Crippen LogP contribution in [0.4, 0.5) is 11.6 Å². The Labute approximate surface area is 191 Å². The van der Waals surface area contributed by atoms with Gasteiger partial charge in [0, 0.05) is 42.7 Å². The minimum absolute atomic E-state index is 0.0358. The average Bonchev–Trinajstić information content (AvgIpc) is 3.55. The highest BCUT2D eigenvalue weighted by Crippen LogP contribution is 2.34. The summed E-state index contributed by atoms with van der Waals surface area (Å²) in [4.78, 5) is 16.4. The molecule has 166 valence electrons. The molecule has 5 heterocycles. The second-order valence-electron chi connectivity index (χ2n) is 9.08. The molecule has 0 aliphatic carbocycles. The molecule has 3 atom stereocenters. The van der Waals surface area contributed by atoms with Gasteiger partial charge in [0.15, 0.2) is 0 Å². The fourth-order valence-corrected chi connectivity index (χ4v) is 5.23. The van der Waals surface area contributed by atoms with E-state index in [4.69, 9.17) is 14.7 Å². The highest BCUT2D eigenvalue weighted by atomic mass is 16.5. The summed E-state index contributed by atoms with van der Waals surface area (Å²) < 4.78 is 7.61. The number of anilines is 2. The van der Waals surface area contributed by atoms with Crippen LogP contribution in [0.5, 0.6) is 0 Å². The van der Waals surface area contributed by atoms with Crippen molar-refractivity contribution in [3.05, 3.63) is 59.5 Å². The Kier molecular flexibility index (Phi) is 4.66. The smallest absolute Gasteiger partial charge is 0.236 e. The van der Waals surface area contributed by atoms with E-state index in [9.17, 15) is 5.26 Å². The molecule has 0 amide bonds. The van der Waals surface area contributed by atoms with Gasteiger partial charge in [0.1, 0.15) is 11.6 Å². The standard InChI is InChI=1S/C25H25N7O/c1-15-17(9-26)4-3-5-20(15)16(2)29-24-21-8-23(31-11-18-13-33-14-19(18)12-31)28-10-22(21)32-7-6-27-25(32)30-24/h3-8,10,16,18-19H,11-14H2,1-2H3,(H,27,29,30). The number of benzene rings is 1. The highest BCUT2D eigenvalue weighted by Gasteiger charge is 2.37. The van der Waals surface area contributed by atoms with Crippen molar-refractivity contribution in [3.63, 3.8) is 0 Å². The maximum Gasteiger partial charge on any atom is 0.236 e. The number of hydrogen-bond donors (Lipinski definition) is 1. The lowest BCUT2D eigenvalue weighted by molar-refractivity contribution is 0.177. The average molecular weight is 440 g/mol. The van der Waals surface area contributed by atoms with Gasteiger partial charge in [-0.15, -0.1) is 0 Å². The van der Waals surface area contributed by atoms with Crippen LogP contribution in [0.1, 0.15) is 29.7 Å². The number of nitrogens with one attached hydrogen (secondary N) is 1. The molecule has 0 saturated carbocycles. The van der Waals surface area contributed by atoms with Crippen molar-refractivity contribution < 1.29 is 4.74 Å². The lowest BCUT2D eigenvalue weighted by atomic mass is 9.98. The normalized spacial score (nSPS) is 20.8. The Bertz CT molecular complexity index is 1390. The number of fused-ring (bicyclic) bond motifs is 4. The Morgan fingerprint density at radius 1 is 1.21 bits per heavy atom. The zero-order chi connectivity index (χ0) is 22.5. The van der Waals surface area contributed by atoms with Crippen molar-refractivity contribution in [3.8, 4) is 6.07 Å². The van der Waals surface area contributed by atoms with Crippen LogP contribution in [0.15, 0.2) is 42.9 Å². The monoisotopic (exact) mass is 439 g/mol. The number of pyridine rings is 1. The largest absolute Gasteiger partial charge is 0.381 e. The van der Waals surface area contributed by atoms with Gasteiger partial charge in [0.05, 0.1) is 42.6 Å². The maximum atomic E-state index is 9.43. The third-order valence-electron chi connectivity index (χ3n) is 7.10. The van der Waals surface area contributed by atoms with E-state index < -0.39 is 0 Å². The van der Waals surface area contributed by atoms with Gasteiger partial charge in [-0.25, -0.2) is 9.97 Å². The molecule has 33 heavy (non-hydrogen) atoms. The van der Waals surface area contributed by atoms with Crippen LogP contribution >= 0.6 is 0 Å². The summed E-state index contributed by atoms with van der Waals surface area (Å²) >= 11 is 0. The summed E-state index contributed by atoms with van der Waals surface area (Å²) in [7, 11) is 0. The predicted molar refractivity (Wildman–Crippen MR) is 126 cm³/mol. The SMILES string of the molecule is Cc1c(C#N)cccc1C(C)Nc1nc2nccn2c2cnc(N3CC4COCC4C3)cc12. The molecule has 1 aromatic carbocycles. The molecular formula is C25H25N7O. The quantitative estimate of drug-likeness (QED) is 0.518. The van der Waals surface area contributed by atoms with Gasteiger partial charge in [-0.05, 0) is 37.1 Å². The number of nitrogens with zero attached hydrogens (tertiary/aromatic N) is 6. The molecule has 6 rings (SSSR count). The summed E-state index contributed by atoms with van der Waals surface area (Å²) in [5, 5.41) is 14.0. The fraction of sp³-hybridized carbons (Fsp3) is 0.360. The molecule has 2 aliphatic rings. The van der Waals surface area contributed by atoms with Gasteiger partial charge < -0.3 is 15.0 Å². The molecule has 2 aliphatic heterocycles. The van der Waals surface area contributed by atoms with E-state index in [2.05, 4.69) is 40.3 Å². The summed E-state index contributed by atoms with van der Waals surface area (Å²) in [5.41, 5.74) is 3.71. The van der Waals surface area contributed by atoms with E-state index in [0.717, 1.165) is 60.0 Å². The van der Waals surface area contributed by atoms with Crippen molar-refractivity contribution in [2.75, 3.05) is 36.5 Å². The first-order valence-corrected chi connectivity index (χ1v) is 11.3. The molecule has 0 radical (unpaired) electrons. The van der Waals surface area contributed by atoms with Crippen LogP contribution in [0, 0.1) is 30.1 Å². The molecule has 0 bridgehead atoms. The first-order valence-electron chi connectivity index (χ1n) is 11.3. The first-order chi connectivity index (χ1) is 16.1.